The molecule has 3 N–H and O–H groups in total. The summed E-state index contributed by atoms with van der Waals surface area (Å²) >= 11 is 1.67. The van der Waals surface area contributed by atoms with Crippen LogP contribution in [-0.2, 0) is 0 Å². The molecule has 9 heteroatoms. The van der Waals surface area contributed by atoms with Crippen LogP contribution < -0.4 is 5.73 Å². The zero-order valence-corrected chi connectivity index (χ0v) is 21.7. The standard InChI is InChI=1S/C27H33N7OS/c1-18-23(15-31-34(18)22-9-7-21(8-10-22)32(2)11-12-35)20-13-26(27-24(29)16-30-33(27)17-20)36-25-6-4-3-5-19(25)14-28/h3-6,15-17,21-22,26,35H,7-13,29H2,1-2H3. The number of anilines is 1. The number of aromatic nitrogens is 4. The van der Waals surface area contributed by atoms with Gasteiger partial charge in [-0.1, -0.05) is 12.1 Å². The SMILES string of the molecule is Cc1c(C2=Cn3ncc(N)c3C(Sc3ccccc3C#N)C2)cnn1C1CCC(N(C)CCO)CC1. The normalized spacial score (nSPS) is 21.8. The molecular formula is C27H33N7OS. The number of aliphatic hydroxyl groups excluding tert-OH is 1. The van der Waals surface area contributed by atoms with Crippen LogP contribution in [-0.4, -0.2) is 55.8 Å². The van der Waals surface area contributed by atoms with Gasteiger partial charge in [0.2, 0.25) is 0 Å². The number of rotatable bonds is 7. The van der Waals surface area contributed by atoms with Crippen molar-refractivity contribution in [1.82, 2.24) is 24.5 Å². The maximum Gasteiger partial charge on any atom is 0.100 e. The van der Waals surface area contributed by atoms with Gasteiger partial charge >= 0.3 is 0 Å². The smallest absolute Gasteiger partial charge is 0.100 e. The molecule has 1 atom stereocenters. The van der Waals surface area contributed by atoms with Gasteiger partial charge in [-0.15, -0.1) is 11.8 Å². The van der Waals surface area contributed by atoms with Gasteiger partial charge in [-0.3, -0.25) is 4.68 Å². The lowest BCUT2D eigenvalue weighted by Crippen LogP contribution is -2.37. The fraction of sp³-hybridized carbons (Fsp3) is 0.444. The highest BCUT2D eigenvalue weighted by atomic mass is 32.2. The molecule has 1 aliphatic carbocycles. The van der Waals surface area contributed by atoms with Crippen LogP contribution in [0.3, 0.4) is 0 Å². The molecule has 1 unspecified atom stereocenters. The van der Waals surface area contributed by atoms with Gasteiger partial charge in [-0.2, -0.15) is 15.5 Å². The molecule has 1 aliphatic heterocycles. The number of nitrogens with zero attached hydrogens (tertiary/aromatic N) is 6. The number of allylic oxidation sites excluding steroid dienone is 1. The zero-order valence-electron chi connectivity index (χ0n) is 20.8. The summed E-state index contributed by atoms with van der Waals surface area (Å²) in [6, 6.07) is 10.9. The molecule has 5 rings (SSSR count). The summed E-state index contributed by atoms with van der Waals surface area (Å²) in [5.41, 5.74) is 12.1. The van der Waals surface area contributed by atoms with E-state index < -0.39 is 0 Å². The summed E-state index contributed by atoms with van der Waals surface area (Å²) in [6.45, 7) is 3.10. The van der Waals surface area contributed by atoms with Gasteiger partial charge in [0, 0.05) is 34.9 Å². The maximum absolute atomic E-state index is 9.58. The first-order chi connectivity index (χ1) is 17.5. The lowest BCUT2D eigenvalue weighted by Gasteiger charge is -2.35. The van der Waals surface area contributed by atoms with Crippen molar-refractivity contribution in [3.05, 3.63) is 59.2 Å². The van der Waals surface area contributed by atoms with Crippen LogP contribution in [0.2, 0.25) is 0 Å². The first kappa shape index (κ1) is 24.6. The Hall–Kier alpha value is -3.06. The molecule has 3 heterocycles. The second-order valence-corrected chi connectivity index (χ2v) is 11.0. The zero-order chi connectivity index (χ0) is 25.2. The van der Waals surface area contributed by atoms with E-state index in [1.807, 2.05) is 35.1 Å². The van der Waals surface area contributed by atoms with E-state index in [2.05, 4.69) is 40.9 Å². The van der Waals surface area contributed by atoms with E-state index in [4.69, 9.17) is 10.8 Å². The Morgan fingerprint density at radius 2 is 1.97 bits per heavy atom. The number of likely N-dealkylation sites (N-methyl/N-ethyl adjacent to an activating group) is 1. The first-order valence-electron chi connectivity index (χ1n) is 12.5. The van der Waals surface area contributed by atoms with Gasteiger partial charge in [0.1, 0.15) is 6.07 Å². The molecule has 8 nitrogen and oxygen atoms in total. The molecule has 1 fully saturated rings. The van der Waals surface area contributed by atoms with E-state index >= 15 is 0 Å². The predicted octanol–water partition coefficient (Wildman–Crippen LogP) is 4.48. The van der Waals surface area contributed by atoms with E-state index in [1.165, 1.54) is 11.3 Å². The lowest BCUT2D eigenvalue weighted by molar-refractivity contribution is 0.134. The number of hydrogen-bond donors (Lipinski definition) is 2. The third kappa shape index (κ3) is 4.69. The number of nitrogens with two attached hydrogens (primary N) is 1. The Morgan fingerprint density at radius 3 is 2.72 bits per heavy atom. The summed E-state index contributed by atoms with van der Waals surface area (Å²) in [5, 5.41) is 28.2. The van der Waals surface area contributed by atoms with Crippen molar-refractivity contribution >= 4 is 29.2 Å². The number of nitriles is 1. The number of hydrogen-bond acceptors (Lipinski definition) is 7. The summed E-state index contributed by atoms with van der Waals surface area (Å²) in [5.74, 6) is 0. The van der Waals surface area contributed by atoms with Crippen molar-refractivity contribution in [1.29, 1.82) is 5.26 Å². The molecular weight excluding hydrogens is 470 g/mol. The molecule has 2 aromatic heterocycles. The van der Waals surface area contributed by atoms with Crippen LogP contribution in [0.15, 0.2) is 41.6 Å². The molecule has 3 aromatic rings. The number of thioether (sulfide) groups is 1. The Bertz CT molecular complexity index is 1300. The molecule has 2 aliphatic rings. The lowest BCUT2D eigenvalue weighted by atomic mass is 9.90. The van der Waals surface area contributed by atoms with E-state index in [-0.39, 0.29) is 11.9 Å². The van der Waals surface area contributed by atoms with Crippen LogP contribution in [0.25, 0.3) is 11.8 Å². The predicted molar refractivity (Wildman–Crippen MR) is 143 cm³/mol. The average Bonchev–Trinajstić information content (AvgIpc) is 3.47. The highest BCUT2D eigenvalue weighted by Crippen LogP contribution is 2.47. The first-order valence-corrected chi connectivity index (χ1v) is 13.4. The molecule has 188 valence electrons. The van der Waals surface area contributed by atoms with Crippen LogP contribution in [0.4, 0.5) is 5.69 Å². The van der Waals surface area contributed by atoms with Crippen LogP contribution in [0, 0.1) is 18.3 Å². The summed E-state index contributed by atoms with van der Waals surface area (Å²) in [7, 11) is 2.10. The fourth-order valence-corrected chi connectivity index (χ4v) is 6.92. The topological polar surface area (TPSA) is 109 Å². The van der Waals surface area contributed by atoms with Crippen molar-refractivity contribution in [2.45, 2.75) is 61.3 Å². The second-order valence-electron chi connectivity index (χ2n) is 9.76. The Kier molecular flexibility index (Phi) is 7.19. The van der Waals surface area contributed by atoms with Gasteiger partial charge < -0.3 is 15.7 Å². The highest BCUT2D eigenvalue weighted by Gasteiger charge is 2.30. The minimum Gasteiger partial charge on any atom is -0.396 e. The number of aliphatic hydroxyl groups is 1. The molecule has 0 bridgehead atoms. The van der Waals surface area contributed by atoms with Crippen molar-refractivity contribution in [2.24, 2.45) is 0 Å². The molecule has 1 saturated carbocycles. The monoisotopic (exact) mass is 503 g/mol. The van der Waals surface area contributed by atoms with Gasteiger partial charge in [0.05, 0.1) is 47.2 Å². The Balaban J connectivity index is 1.38. The average molecular weight is 504 g/mol. The van der Waals surface area contributed by atoms with E-state index in [0.717, 1.165) is 54.8 Å². The summed E-state index contributed by atoms with van der Waals surface area (Å²) < 4.78 is 4.10. The summed E-state index contributed by atoms with van der Waals surface area (Å²) in [6.07, 6.45) is 11.0. The van der Waals surface area contributed by atoms with Crippen molar-refractivity contribution in [3.8, 4) is 6.07 Å². The maximum atomic E-state index is 9.58. The number of fused-ring (bicyclic) bond motifs is 1. The quantitative estimate of drug-likeness (QED) is 0.489. The number of benzene rings is 1. The molecule has 1 aromatic carbocycles. The molecule has 0 radical (unpaired) electrons. The van der Waals surface area contributed by atoms with Gasteiger partial charge in [0.25, 0.3) is 0 Å². The Morgan fingerprint density at radius 1 is 1.19 bits per heavy atom. The molecule has 36 heavy (non-hydrogen) atoms. The minimum absolute atomic E-state index is 0.0438. The van der Waals surface area contributed by atoms with Gasteiger partial charge in [-0.25, -0.2) is 4.68 Å². The number of nitrogen functional groups attached to an aromatic ring is 1. The largest absolute Gasteiger partial charge is 0.396 e. The third-order valence-electron chi connectivity index (χ3n) is 7.61. The summed E-state index contributed by atoms with van der Waals surface area (Å²) in [4.78, 5) is 3.23. The molecule has 0 amide bonds. The Labute approximate surface area is 216 Å². The van der Waals surface area contributed by atoms with Crippen molar-refractivity contribution in [2.75, 3.05) is 25.9 Å². The van der Waals surface area contributed by atoms with E-state index in [9.17, 15) is 10.4 Å². The van der Waals surface area contributed by atoms with Gasteiger partial charge in [0.15, 0.2) is 0 Å². The van der Waals surface area contributed by atoms with E-state index in [0.29, 0.717) is 23.3 Å². The van der Waals surface area contributed by atoms with Crippen LogP contribution in [0.1, 0.15) is 65.9 Å². The third-order valence-corrected chi connectivity index (χ3v) is 8.89. The minimum atomic E-state index is 0.0438. The highest BCUT2D eigenvalue weighted by molar-refractivity contribution is 7.99. The van der Waals surface area contributed by atoms with Gasteiger partial charge in [-0.05, 0) is 63.8 Å². The van der Waals surface area contributed by atoms with Crippen molar-refractivity contribution in [3.63, 3.8) is 0 Å². The fourth-order valence-electron chi connectivity index (χ4n) is 5.60. The molecule has 0 saturated heterocycles. The van der Waals surface area contributed by atoms with Crippen molar-refractivity contribution < 1.29 is 5.11 Å². The second kappa shape index (κ2) is 10.5. The van der Waals surface area contributed by atoms with Crippen LogP contribution in [0.5, 0.6) is 0 Å². The van der Waals surface area contributed by atoms with Crippen LogP contribution >= 0.6 is 11.8 Å². The molecule has 0 spiro atoms. The van der Waals surface area contributed by atoms with E-state index in [1.54, 1.807) is 18.0 Å².